The second kappa shape index (κ2) is 4.30. The summed E-state index contributed by atoms with van der Waals surface area (Å²) in [5.41, 5.74) is 6.15. The van der Waals surface area contributed by atoms with E-state index in [9.17, 15) is 0 Å². The Balaban J connectivity index is 1.67. The molecule has 3 atom stereocenters. The molecule has 3 rings (SSSR count). The Labute approximate surface area is 99.6 Å². The van der Waals surface area contributed by atoms with Gasteiger partial charge in [-0.05, 0) is 44.4 Å². The van der Waals surface area contributed by atoms with Gasteiger partial charge in [-0.2, -0.15) is 0 Å². The van der Waals surface area contributed by atoms with Crippen LogP contribution in [0.15, 0.2) is 0 Å². The van der Waals surface area contributed by atoms with E-state index < -0.39 is 0 Å². The maximum absolute atomic E-state index is 6.15. The van der Waals surface area contributed by atoms with Crippen LogP contribution < -0.4 is 5.73 Å². The molecule has 0 amide bonds. The molecule has 0 aromatic heterocycles. The van der Waals surface area contributed by atoms with E-state index >= 15 is 0 Å². The zero-order valence-corrected chi connectivity index (χ0v) is 10.6. The molecule has 1 saturated carbocycles. The topological polar surface area (TPSA) is 29.3 Å². The highest BCUT2D eigenvalue weighted by Gasteiger charge is 2.43. The van der Waals surface area contributed by atoms with E-state index in [4.69, 9.17) is 5.73 Å². The van der Waals surface area contributed by atoms with Gasteiger partial charge >= 0.3 is 0 Å². The average molecular weight is 222 g/mol. The van der Waals surface area contributed by atoms with E-state index in [0.29, 0.717) is 6.04 Å². The molecule has 0 aromatic carbocycles. The van der Waals surface area contributed by atoms with E-state index in [2.05, 4.69) is 11.8 Å². The van der Waals surface area contributed by atoms with Gasteiger partial charge in [0, 0.05) is 24.2 Å². The number of nitrogens with zero attached hydrogens (tertiary/aromatic N) is 1. The quantitative estimate of drug-likeness (QED) is 0.792. The molecule has 3 aliphatic rings. The van der Waals surface area contributed by atoms with Crippen molar-refractivity contribution in [2.75, 3.05) is 0 Å². The van der Waals surface area contributed by atoms with Gasteiger partial charge < -0.3 is 5.73 Å². The zero-order valence-electron chi connectivity index (χ0n) is 10.6. The van der Waals surface area contributed by atoms with Crippen molar-refractivity contribution in [2.45, 2.75) is 82.5 Å². The highest BCUT2D eigenvalue weighted by molar-refractivity contribution is 4.99. The second-order valence-corrected chi connectivity index (χ2v) is 6.30. The van der Waals surface area contributed by atoms with Crippen LogP contribution in [-0.4, -0.2) is 29.1 Å². The third-order valence-corrected chi connectivity index (χ3v) is 5.02. The van der Waals surface area contributed by atoms with Gasteiger partial charge in [0.1, 0.15) is 0 Å². The van der Waals surface area contributed by atoms with Gasteiger partial charge in [-0.15, -0.1) is 0 Å². The summed E-state index contributed by atoms with van der Waals surface area (Å²) in [5.74, 6) is 1.07. The summed E-state index contributed by atoms with van der Waals surface area (Å²) < 4.78 is 0. The van der Waals surface area contributed by atoms with Crippen LogP contribution in [0.1, 0.15) is 58.3 Å². The molecule has 92 valence electrons. The summed E-state index contributed by atoms with van der Waals surface area (Å²) in [6.07, 6.45) is 11.2. The van der Waals surface area contributed by atoms with Gasteiger partial charge in [-0.1, -0.05) is 19.8 Å². The molecule has 2 heteroatoms. The Hall–Kier alpha value is -0.0800. The largest absolute Gasteiger partial charge is 0.328 e. The molecule has 0 radical (unpaired) electrons. The van der Waals surface area contributed by atoms with Crippen molar-refractivity contribution in [2.24, 2.45) is 11.7 Å². The fraction of sp³-hybridized carbons (Fsp3) is 1.00. The number of rotatable bonds is 4. The summed E-state index contributed by atoms with van der Waals surface area (Å²) in [7, 11) is 0. The van der Waals surface area contributed by atoms with Crippen molar-refractivity contribution < 1.29 is 0 Å². The molecular weight excluding hydrogens is 196 g/mol. The lowest BCUT2D eigenvalue weighted by molar-refractivity contribution is 0.0677. The summed E-state index contributed by atoms with van der Waals surface area (Å²) in [6, 6.07) is 3.03. The van der Waals surface area contributed by atoms with Gasteiger partial charge in [-0.3, -0.25) is 4.90 Å². The second-order valence-electron chi connectivity index (χ2n) is 6.30. The Morgan fingerprint density at radius 1 is 1.12 bits per heavy atom. The normalized spacial score (nSPS) is 41.2. The van der Waals surface area contributed by atoms with Crippen LogP contribution >= 0.6 is 0 Å². The molecule has 3 fully saturated rings. The van der Waals surface area contributed by atoms with Crippen LogP contribution in [0.4, 0.5) is 0 Å². The maximum Gasteiger partial charge on any atom is 0.0116 e. The van der Waals surface area contributed by atoms with E-state index in [-0.39, 0.29) is 0 Å². The SMILES string of the molecule is CCC(CC1CC1)N1C2CCC1CC(N)C2. The van der Waals surface area contributed by atoms with Gasteiger partial charge in [0.05, 0.1) is 0 Å². The minimum Gasteiger partial charge on any atom is -0.328 e. The van der Waals surface area contributed by atoms with E-state index in [0.717, 1.165) is 24.0 Å². The molecule has 2 bridgehead atoms. The number of piperidine rings is 1. The molecule has 16 heavy (non-hydrogen) atoms. The molecule has 2 heterocycles. The minimum absolute atomic E-state index is 0.493. The first-order valence-corrected chi connectivity index (χ1v) is 7.31. The molecule has 2 nitrogen and oxygen atoms in total. The van der Waals surface area contributed by atoms with Crippen LogP contribution in [-0.2, 0) is 0 Å². The predicted octanol–water partition coefficient (Wildman–Crippen LogP) is 2.52. The van der Waals surface area contributed by atoms with Gasteiger partial charge in [-0.25, -0.2) is 0 Å². The summed E-state index contributed by atoms with van der Waals surface area (Å²) in [4.78, 5) is 2.88. The highest BCUT2D eigenvalue weighted by Crippen LogP contribution is 2.42. The van der Waals surface area contributed by atoms with Gasteiger partial charge in [0.2, 0.25) is 0 Å². The number of fused-ring (bicyclic) bond motifs is 2. The molecule has 2 N–H and O–H groups in total. The summed E-state index contributed by atoms with van der Waals surface area (Å²) in [6.45, 7) is 2.38. The fourth-order valence-electron chi connectivity index (χ4n) is 4.09. The third-order valence-electron chi connectivity index (χ3n) is 5.02. The molecule has 0 aromatic rings. The third kappa shape index (κ3) is 2.02. The van der Waals surface area contributed by atoms with E-state index in [1.807, 2.05) is 0 Å². The summed E-state index contributed by atoms with van der Waals surface area (Å²) >= 11 is 0. The highest BCUT2D eigenvalue weighted by atomic mass is 15.2. The Morgan fingerprint density at radius 3 is 2.25 bits per heavy atom. The minimum atomic E-state index is 0.493. The zero-order chi connectivity index (χ0) is 11.1. The van der Waals surface area contributed by atoms with Gasteiger partial charge in [0.25, 0.3) is 0 Å². The monoisotopic (exact) mass is 222 g/mol. The predicted molar refractivity (Wildman–Crippen MR) is 67.3 cm³/mol. The molecule has 0 spiro atoms. The molecule has 2 aliphatic heterocycles. The van der Waals surface area contributed by atoms with Crippen molar-refractivity contribution in [3.8, 4) is 0 Å². The average Bonchev–Trinajstić information content (AvgIpc) is 3.03. The lowest BCUT2D eigenvalue weighted by Crippen LogP contribution is -2.51. The van der Waals surface area contributed by atoms with Crippen LogP contribution in [0.3, 0.4) is 0 Å². The van der Waals surface area contributed by atoms with Crippen molar-refractivity contribution in [1.29, 1.82) is 0 Å². The number of hydrogen-bond donors (Lipinski definition) is 1. The fourth-order valence-corrected chi connectivity index (χ4v) is 4.09. The Morgan fingerprint density at radius 2 is 1.75 bits per heavy atom. The van der Waals surface area contributed by atoms with E-state index in [1.165, 1.54) is 51.4 Å². The first-order valence-electron chi connectivity index (χ1n) is 7.31. The smallest absolute Gasteiger partial charge is 0.0116 e. The molecule has 3 unspecified atom stereocenters. The van der Waals surface area contributed by atoms with Crippen LogP contribution in [0, 0.1) is 5.92 Å². The van der Waals surface area contributed by atoms with Gasteiger partial charge in [0.15, 0.2) is 0 Å². The van der Waals surface area contributed by atoms with Crippen LogP contribution in [0.25, 0.3) is 0 Å². The lowest BCUT2D eigenvalue weighted by Gasteiger charge is -2.43. The van der Waals surface area contributed by atoms with Crippen molar-refractivity contribution in [3.05, 3.63) is 0 Å². The van der Waals surface area contributed by atoms with Crippen molar-refractivity contribution >= 4 is 0 Å². The van der Waals surface area contributed by atoms with Crippen LogP contribution in [0.2, 0.25) is 0 Å². The number of hydrogen-bond acceptors (Lipinski definition) is 2. The first-order chi connectivity index (χ1) is 7.78. The Kier molecular flexibility index (Phi) is 2.97. The standard InChI is InChI=1S/C14H26N2/c1-2-12(7-10-3-4-10)16-13-5-6-14(16)9-11(15)8-13/h10-14H,2-9,15H2,1H3. The summed E-state index contributed by atoms with van der Waals surface area (Å²) in [5, 5.41) is 0. The van der Waals surface area contributed by atoms with Crippen LogP contribution in [0.5, 0.6) is 0 Å². The maximum atomic E-state index is 6.15. The van der Waals surface area contributed by atoms with E-state index in [1.54, 1.807) is 0 Å². The molecular formula is C14H26N2. The molecule has 2 saturated heterocycles. The van der Waals surface area contributed by atoms with Crippen molar-refractivity contribution in [3.63, 3.8) is 0 Å². The lowest BCUT2D eigenvalue weighted by atomic mass is 9.93. The first kappa shape index (κ1) is 11.0. The number of nitrogens with two attached hydrogens (primary N) is 1. The molecule has 1 aliphatic carbocycles. The Bertz CT molecular complexity index is 235. The van der Waals surface area contributed by atoms with Crippen molar-refractivity contribution in [1.82, 2.24) is 4.90 Å².